The molecule has 1 unspecified atom stereocenters. The summed E-state index contributed by atoms with van der Waals surface area (Å²) in [5, 5.41) is -0.117. The van der Waals surface area contributed by atoms with E-state index in [-0.39, 0.29) is 28.8 Å². The van der Waals surface area contributed by atoms with Crippen LogP contribution >= 0.6 is 12.6 Å². The van der Waals surface area contributed by atoms with Gasteiger partial charge >= 0.3 is 6.18 Å². The maximum absolute atomic E-state index is 12.8. The number of halogens is 3. The van der Waals surface area contributed by atoms with Gasteiger partial charge in [-0.1, -0.05) is 6.07 Å². The van der Waals surface area contributed by atoms with Gasteiger partial charge in [0, 0.05) is 23.9 Å². The van der Waals surface area contributed by atoms with Crippen LogP contribution in [0, 0.1) is 6.92 Å². The number of anilines is 1. The molecule has 1 aromatic rings. The predicted octanol–water partition coefficient (Wildman–Crippen LogP) is 3.05. The number of aryl methyl sites for hydroxylation is 1. The molecule has 18 heavy (non-hydrogen) atoms. The first-order valence-electron chi connectivity index (χ1n) is 5.45. The van der Waals surface area contributed by atoms with Crippen LogP contribution < -0.4 is 4.90 Å². The molecule has 0 bridgehead atoms. The highest BCUT2D eigenvalue weighted by atomic mass is 32.1. The van der Waals surface area contributed by atoms with Crippen LogP contribution in [-0.2, 0) is 11.0 Å². The van der Waals surface area contributed by atoms with E-state index >= 15 is 0 Å². The van der Waals surface area contributed by atoms with Crippen LogP contribution in [0.3, 0.4) is 0 Å². The third-order valence-corrected chi connectivity index (χ3v) is 3.29. The van der Waals surface area contributed by atoms with Gasteiger partial charge in [0.05, 0.1) is 5.56 Å². The summed E-state index contributed by atoms with van der Waals surface area (Å²) in [6.07, 6.45) is -4.14. The van der Waals surface area contributed by atoms with Crippen molar-refractivity contribution in [1.29, 1.82) is 0 Å². The summed E-state index contributed by atoms with van der Waals surface area (Å²) >= 11 is 4.18. The molecule has 1 amide bonds. The monoisotopic (exact) mass is 275 g/mol. The van der Waals surface area contributed by atoms with Crippen LogP contribution in [0.1, 0.15) is 17.5 Å². The van der Waals surface area contributed by atoms with E-state index < -0.39 is 11.7 Å². The Kier molecular flexibility index (Phi) is 3.31. The highest BCUT2D eigenvalue weighted by Crippen LogP contribution is 2.35. The number of carbonyl (C=O) groups excluding carboxylic acids is 1. The molecule has 0 N–H and O–H groups in total. The lowest BCUT2D eigenvalue weighted by Gasteiger charge is -2.19. The maximum Gasteiger partial charge on any atom is 0.416 e. The number of nitrogens with zero attached hydrogens (tertiary/aromatic N) is 1. The van der Waals surface area contributed by atoms with Crippen LogP contribution in [0.15, 0.2) is 18.2 Å². The summed E-state index contributed by atoms with van der Waals surface area (Å²) in [7, 11) is 0. The van der Waals surface area contributed by atoms with Gasteiger partial charge in [-0.2, -0.15) is 25.8 Å². The summed E-state index contributed by atoms with van der Waals surface area (Å²) in [6, 6.07) is 3.95. The number of hydrogen-bond donors (Lipinski definition) is 1. The van der Waals surface area contributed by atoms with Crippen molar-refractivity contribution in [3.63, 3.8) is 0 Å². The van der Waals surface area contributed by atoms with Crippen LogP contribution in [0.4, 0.5) is 18.9 Å². The molecule has 2 rings (SSSR count). The van der Waals surface area contributed by atoms with Crippen molar-refractivity contribution in [3.05, 3.63) is 29.3 Å². The molecule has 1 aromatic carbocycles. The van der Waals surface area contributed by atoms with Gasteiger partial charge in [0.15, 0.2) is 0 Å². The highest BCUT2D eigenvalue weighted by Gasteiger charge is 2.34. The number of hydrogen-bond acceptors (Lipinski definition) is 2. The number of amides is 1. The van der Waals surface area contributed by atoms with E-state index in [9.17, 15) is 18.0 Å². The minimum Gasteiger partial charge on any atom is -0.311 e. The van der Waals surface area contributed by atoms with Crippen molar-refractivity contribution < 1.29 is 18.0 Å². The Morgan fingerprint density at radius 2 is 2.06 bits per heavy atom. The van der Waals surface area contributed by atoms with E-state index in [0.29, 0.717) is 6.54 Å². The van der Waals surface area contributed by atoms with Gasteiger partial charge in [0.25, 0.3) is 0 Å². The topological polar surface area (TPSA) is 20.3 Å². The van der Waals surface area contributed by atoms with Gasteiger partial charge in [-0.25, -0.2) is 0 Å². The fourth-order valence-corrected chi connectivity index (χ4v) is 2.34. The molecule has 6 heteroatoms. The zero-order valence-corrected chi connectivity index (χ0v) is 10.6. The van der Waals surface area contributed by atoms with E-state index in [0.717, 1.165) is 6.07 Å². The fraction of sp³-hybridized carbons (Fsp3) is 0.417. The van der Waals surface area contributed by atoms with Crippen LogP contribution in [-0.4, -0.2) is 17.7 Å². The van der Waals surface area contributed by atoms with E-state index in [1.807, 2.05) is 0 Å². The Balaban J connectivity index is 2.39. The minimum absolute atomic E-state index is 0.117. The molecule has 0 aliphatic carbocycles. The largest absolute Gasteiger partial charge is 0.416 e. The first kappa shape index (κ1) is 13.3. The lowest BCUT2D eigenvalue weighted by atomic mass is 10.1. The second-order valence-electron chi connectivity index (χ2n) is 4.36. The molecular formula is C12H12F3NOS. The van der Waals surface area contributed by atoms with E-state index in [1.54, 1.807) is 0 Å². The molecule has 1 aliphatic rings. The average molecular weight is 275 g/mol. The second kappa shape index (κ2) is 4.50. The number of benzene rings is 1. The normalized spacial score (nSPS) is 20.6. The van der Waals surface area contributed by atoms with E-state index in [2.05, 4.69) is 12.6 Å². The molecule has 98 valence electrons. The van der Waals surface area contributed by atoms with Crippen molar-refractivity contribution >= 4 is 24.2 Å². The van der Waals surface area contributed by atoms with Crippen LogP contribution in [0.5, 0.6) is 0 Å². The summed E-state index contributed by atoms with van der Waals surface area (Å²) in [5.74, 6) is -0.188. The average Bonchev–Trinajstić information content (AvgIpc) is 2.57. The van der Waals surface area contributed by atoms with Gasteiger partial charge in [0.1, 0.15) is 0 Å². The Morgan fingerprint density at radius 3 is 2.56 bits per heavy atom. The summed E-state index contributed by atoms with van der Waals surface area (Å²) < 4.78 is 38.3. The first-order valence-corrected chi connectivity index (χ1v) is 5.97. The molecule has 1 saturated heterocycles. The van der Waals surface area contributed by atoms with Gasteiger partial charge in [-0.05, 0) is 24.6 Å². The summed E-state index contributed by atoms with van der Waals surface area (Å²) in [5.41, 5.74) is -0.259. The molecular weight excluding hydrogens is 263 g/mol. The van der Waals surface area contributed by atoms with Crippen LogP contribution in [0.2, 0.25) is 0 Å². The standard InChI is InChI=1S/C12H12F3NOS/c1-7-2-3-8(4-10(7)12(13,14)15)16-6-9(18)5-11(16)17/h2-4,9,18H,5-6H2,1H3. The van der Waals surface area contributed by atoms with Crippen molar-refractivity contribution in [2.45, 2.75) is 24.8 Å². The zero-order valence-electron chi connectivity index (χ0n) is 9.66. The number of rotatable bonds is 1. The Bertz CT molecular complexity index is 487. The molecule has 0 saturated carbocycles. The molecule has 0 radical (unpaired) electrons. The quantitative estimate of drug-likeness (QED) is 0.781. The molecule has 0 aromatic heterocycles. The molecule has 1 fully saturated rings. The van der Waals surface area contributed by atoms with E-state index in [1.165, 1.54) is 24.0 Å². The molecule has 1 atom stereocenters. The zero-order chi connectivity index (χ0) is 13.5. The van der Waals surface area contributed by atoms with E-state index in [4.69, 9.17) is 0 Å². The maximum atomic E-state index is 12.8. The lowest BCUT2D eigenvalue weighted by Crippen LogP contribution is -2.25. The van der Waals surface area contributed by atoms with Crippen molar-refractivity contribution in [2.24, 2.45) is 0 Å². The number of alkyl halides is 3. The Morgan fingerprint density at radius 1 is 1.39 bits per heavy atom. The van der Waals surface area contributed by atoms with Gasteiger partial charge < -0.3 is 4.90 Å². The number of carbonyl (C=O) groups is 1. The Labute approximate surface area is 108 Å². The lowest BCUT2D eigenvalue weighted by molar-refractivity contribution is -0.138. The third kappa shape index (κ3) is 2.48. The van der Waals surface area contributed by atoms with Crippen LogP contribution in [0.25, 0.3) is 0 Å². The highest BCUT2D eigenvalue weighted by molar-refractivity contribution is 7.81. The molecule has 1 heterocycles. The third-order valence-electron chi connectivity index (χ3n) is 2.94. The van der Waals surface area contributed by atoms with Gasteiger partial charge in [-0.3, -0.25) is 4.79 Å². The molecule has 1 aliphatic heterocycles. The second-order valence-corrected chi connectivity index (χ2v) is 5.09. The number of thiol groups is 1. The predicted molar refractivity (Wildman–Crippen MR) is 65.9 cm³/mol. The van der Waals surface area contributed by atoms with Gasteiger partial charge in [-0.15, -0.1) is 0 Å². The SMILES string of the molecule is Cc1ccc(N2CC(S)CC2=O)cc1C(F)(F)F. The Hall–Kier alpha value is -1.17. The molecule has 0 spiro atoms. The minimum atomic E-state index is -4.40. The van der Waals surface area contributed by atoms with Gasteiger partial charge in [0.2, 0.25) is 5.91 Å². The first-order chi connectivity index (χ1) is 8.29. The van der Waals surface area contributed by atoms with Crippen molar-refractivity contribution in [2.75, 3.05) is 11.4 Å². The fourth-order valence-electron chi connectivity index (χ4n) is 2.02. The van der Waals surface area contributed by atoms with Crippen molar-refractivity contribution in [3.8, 4) is 0 Å². The smallest absolute Gasteiger partial charge is 0.311 e. The van der Waals surface area contributed by atoms with Crippen molar-refractivity contribution in [1.82, 2.24) is 0 Å². The summed E-state index contributed by atoms with van der Waals surface area (Å²) in [4.78, 5) is 13.0. The molecule has 2 nitrogen and oxygen atoms in total. The summed E-state index contributed by atoms with van der Waals surface area (Å²) in [6.45, 7) is 1.75.